The minimum atomic E-state index is 0.0567. The molecule has 0 N–H and O–H groups in total. The van der Waals surface area contributed by atoms with E-state index < -0.39 is 0 Å². The standard InChI is InChI=1S/C20H23NO3/c1-23-19-12-6-5-8-16(19)14-20(22)21(15-18-11-7-13-24-18)17-9-3-2-4-10-17/h2-6,8-10,12,18H,7,11,13-15H2,1H3. The predicted octanol–water partition coefficient (Wildman–Crippen LogP) is 3.45. The summed E-state index contributed by atoms with van der Waals surface area (Å²) in [5, 5.41) is 0. The number of anilines is 1. The van der Waals surface area contributed by atoms with E-state index in [0.29, 0.717) is 13.0 Å². The van der Waals surface area contributed by atoms with Crippen molar-refractivity contribution in [3.8, 4) is 5.75 Å². The highest BCUT2D eigenvalue weighted by molar-refractivity contribution is 5.95. The topological polar surface area (TPSA) is 38.8 Å². The Morgan fingerprint density at radius 2 is 1.92 bits per heavy atom. The molecule has 2 aromatic carbocycles. The molecule has 1 amide bonds. The van der Waals surface area contributed by atoms with Crippen molar-refractivity contribution in [2.45, 2.75) is 25.4 Å². The van der Waals surface area contributed by atoms with Crippen molar-refractivity contribution in [2.24, 2.45) is 0 Å². The van der Waals surface area contributed by atoms with Crippen molar-refractivity contribution in [2.75, 3.05) is 25.2 Å². The van der Waals surface area contributed by atoms with E-state index in [-0.39, 0.29) is 12.0 Å². The smallest absolute Gasteiger partial charge is 0.231 e. The third kappa shape index (κ3) is 3.95. The fourth-order valence-electron chi connectivity index (χ4n) is 3.06. The van der Waals surface area contributed by atoms with E-state index in [2.05, 4.69) is 0 Å². The zero-order valence-electron chi connectivity index (χ0n) is 14.0. The van der Waals surface area contributed by atoms with Crippen LogP contribution >= 0.6 is 0 Å². The van der Waals surface area contributed by atoms with Crippen LogP contribution in [0.4, 0.5) is 5.69 Å². The molecule has 0 spiro atoms. The van der Waals surface area contributed by atoms with E-state index in [9.17, 15) is 4.79 Å². The monoisotopic (exact) mass is 325 g/mol. The number of benzene rings is 2. The Kier molecular flexibility index (Phi) is 5.49. The minimum Gasteiger partial charge on any atom is -0.496 e. The Bertz CT molecular complexity index is 666. The Balaban J connectivity index is 1.80. The molecule has 0 bridgehead atoms. The SMILES string of the molecule is COc1ccccc1CC(=O)N(CC1CCCO1)c1ccccc1. The van der Waals surface area contributed by atoms with E-state index in [0.717, 1.165) is 36.4 Å². The van der Waals surface area contributed by atoms with Crippen molar-refractivity contribution >= 4 is 11.6 Å². The first-order chi connectivity index (χ1) is 11.8. The molecule has 126 valence electrons. The number of nitrogens with zero attached hydrogens (tertiary/aromatic N) is 1. The molecule has 4 nitrogen and oxygen atoms in total. The highest BCUT2D eigenvalue weighted by Crippen LogP contribution is 2.23. The van der Waals surface area contributed by atoms with Crippen LogP contribution in [-0.4, -0.2) is 32.3 Å². The van der Waals surface area contributed by atoms with E-state index in [4.69, 9.17) is 9.47 Å². The summed E-state index contributed by atoms with van der Waals surface area (Å²) >= 11 is 0. The highest BCUT2D eigenvalue weighted by atomic mass is 16.5. The second-order valence-corrected chi connectivity index (χ2v) is 5.96. The third-order valence-electron chi connectivity index (χ3n) is 4.31. The summed E-state index contributed by atoms with van der Waals surface area (Å²) in [6.45, 7) is 1.38. The van der Waals surface area contributed by atoms with Crippen LogP contribution < -0.4 is 9.64 Å². The lowest BCUT2D eigenvalue weighted by atomic mass is 10.1. The number of ether oxygens (including phenoxy) is 2. The first-order valence-corrected chi connectivity index (χ1v) is 8.37. The Morgan fingerprint density at radius 3 is 2.62 bits per heavy atom. The molecule has 0 saturated carbocycles. The molecule has 0 aromatic heterocycles. The van der Waals surface area contributed by atoms with Crippen LogP contribution in [0.2, 0.25) is 0 Å². The number of carbonyl (C=O) groups excluding carboxylic acids is 1. The molecule has 1 heterocycles. The zero-order valence-corrected chi connectivity index (χ0v) is 14.0. The van der Waals surface area contributed by atoms with Gasteiger partial charge in [-0.25, -0.2) is 0 Å². The molecule has 0 aliphatic carbocycles. The van der Waals surface area contributed by atoms with Crippen LogP contribution in [0.15, 0.2) is 54.6 Å². The summed E-state index contributed by atoms with van der Waals surface area (Å²) in [6.07, 6.45) is 2.50. The lowest BCUT2D eigenvalue weighted by Crippen LogP contribution is -2.38. The number of methoxy groups -OCH3 is 1. The van der Waals surface area contributed by atoms with Crippen LogP contribution in [0.3, 0.4) is 0 Å². The quantitative estimate of drug-likeness (QED) is 0.816. The van der Waals surface area contributed by atoms with E-state index in [1.165, 1.54) is 0 Å². The summed E-state index contributed by atoms with van der Waals surface area (Å²) in [5.41, 5.74) is 1.81. The first-order valence-electron chi connectivity index (χ1n) is 8.37. The van der Waals surface area contributed by atoms with Gasteiger partial charge in [0, 0.05) is 17.9 Å². The van der Waals surface area contributed by atoms with Gasteiger partial charge < -0.3 is 14.4 Å². The maximum absolute atomic E-state index is 13.0. The van der Waals surface area contributed by atoms with Gasteiger partial charge >= 0.3 is 0 Å². The summed E-state index contributed by atoms with van der Waals surface area (Å²) < 4.78 is 11.1. The molecule has 1 fully saturated rings. The summed E-state index contributed by atoms with van der Waals surface area (Å²) in [5.74, 6) is 0.803. The van der Waals surface area contributed by atoms with Crippen molar-refractivity contribution in [1.29, 1.82) is 0 Å². The van der Waals surface area contributed by atoms with E-state index >= 15 is 0 Å². The molecule has 0 radical (unpaired) electrons. The number of carbonyl (C=O) groups is 1. The number of amides is 1. The molecule has 3 rings (SSSR count). The first kappa shape index (κ1) is 16.5. The predicted molar refractivity (Wildman–Crippen MR) is 94.5 cm³/mol. The number of hydrogen-bond donors (Lipinski definition) is 0. The van der Waals surface area contributed by atoms with Crippen LogP contribution in [0.25, 0.3) is 0 Å². The van der Waals surface area contributed by atoms with Crippen molar-refractivity contribution in [1.82, 2.24) is 0 Å². The normalized spacial score (nSPS) is 16.8. The zero-order chi connectivity index (χ0) is 16.8. The largest absolute Gasteiger partial charge is 0.496 e. The molecular formula is C20H23NO3. The maximum atomic E-state index is 13.0. The minimum absolute atomic E-state index is 0.0567. The molecule has 1 aliphatic rings. The van der Waals surface area contributed by atoms with Crippen LogP contribution in [0, 0.1) is 0 Å². The second-order valence-electron chi connectivity index (χ2n) is 5.96. The Hall–Kier alpha value is -2.33. The van der Waals surface area contributed by atoms with Crippen molar-refractivity contribution in [3.05, 3.63) is 60.2 Å². The van der Waals surface area contributed by atoms with Crippen LogP contribution in [-0.2, 0) is 16.0 Å². The Morgan fingerprint density at radius 1 is 1.17 bits per heavy atom. The summed E-state index contributed by atoms with van der Waals surface area (Å²) in [7, 11) is 1.63. The van der Waals surface area contributed by atoms with E-state index in [1.54, 1.807) is 7.11 Å². The average Bonchev–Trinajstić information content (AvgIpc) is 3.14. The Labute approximate surface area is 143 Å². The van der Waals surface area contributed by atoms with Gasteiger partial charge in [0.1, 0.15) is 5.75 Å². The molecule has 4 heteroatoms. The second kappa shape index (κ2) is 7.97. The number of rotatable bonds is 6. The van der Waals surface area contributed by atoms with Gasteiger partial charge in [-0.3, -0.25) is 4.79 Å². The lowest BCUT2D eigenvalue weighted by molar-refractivity contribution is -0.118. The molecule has 1 aliphatic heterocycles. The summed E-state index contributed by atoms with van der Waals surface area (Å²) in [6, 6.07) is 17.5. The third-order valence-corrected chi connectivity index (χ3v) is 4.31. The molecule has 1 unspecified atom stereocenters. The average molecular weight is 325 g/mol. The summed E-state index contributed by atoms with van der Waals surface area (Å²) in [4.78, 5) is 14.8. The van der Waals surface area contributed by atoms with Gasteiger partial charge in [0.15, 0.2) is 0 Å². The molecule has 1 atom stereocenters. The number of hydrogen-bond acceptors (Lipinski definition) is 3. The van der Waals surface area contributed by atoms with Crippen LogP contribution in [0.5, 0.6) is 5.75 Å². The van der Waals surface area contributed by atoms with Crippen LogP contribution in [0.1, 0.15) is 18.4 Å². The van der Waals surface area contributed by atoms with Gasteiger partial charge in [0.25, 0.3) is 0 Å². The van der Waals surface area contributed by atoms with Gasteiger partial charge in [0.05, 0.1) is 26.2 Å². The van der Waals surface area contributed by atoms with Gasteiger partial charge in [-0.05, 0) is 31.0 Å². The van der Waals surface area contributed by atoms with Gasteiger partial charge in [-0.1, -0.05) is 36.4 Å². The molecule has 24 heavy (non-hydrogen) atoms. The molecular weight excluding hydrogens is 302 g/mol. The fraction of sp³-hybridized carbons (Fsp3) is 0.350. The molecule has 2 aromatic rings. The fourth-order valence-corrected chi connectivity index (χ4v) is 3.06. The van der Waals surface area contributed by atoms with E-state index in [1.807, 2.05) is 59.5 Å². The van der Waals surface area contributed by atoms with Crippen molar-refractivity contribution in [3.63, 3.8) is 0 Å². The van der Waals surface area contributed by atoms with Crippen molar-refractivity contribution < 1.29 is 14.3 Å². The lowest BCUT2D eigenvalue weighted by Gasteiger charge is -2.26. The van der Waals surface area contributed by atoms with Gasteiger partial charge in [0.2, 0.25) is 5.91 Å². The molecule has 1 saturated heterocycles. The van der Waals surface area contributed by atoms with Gasteiger partial charge in [-0.2, -0.15) is 0 Å². The highest BCUT2D eigenvalue weighted by Gasteiger charge is 2.24. The maximum Gasteiger partial charge on any atom is 0.231 e. The van der Waals surface area contributed by atoms with Gasteiger partial charge in [-0.15, -0.1) is 0 Å². The number of para-hydroxylation sites is 2.